The van der Waals surface area contributed by atoms with Crippen LogP contribution in [0, 0.1) is 0 Å². The van der Waals surface area contributed by atoms with Crippen molar-refractivity contribution in [3.63, 3.8) is 0 Å². The van der Waals surface area contributed by atoms with Gasteiger partial charge in [-0.15, -0.1) is 6.58 Å². The quantitative estimate of drug-likeness (QED) is 0.739. The summed E-state index contributed by atoms with van der Waals surface area (Å²) in [5.74, 6) is 0.821. The Morgan fingerprint density at radius 3 is 2.41 bits per heavy atom. The van der Waals surface area contributed by atoms with Crippen LogP contribution in [0.2, 0.25) is 0 Å². The molecule has 1 aromatic carbocycles. The Balaban J connectivity index is 2.62. The summed E-state index contributed by atoms with van der Waals surface area (Å²) in [6.07, 6.45) is 2.36. The van der Waals surface area contributed by atoms with E-state index in [0.717, 1.165) is 11.3 Å². The monoisotopic (exact) mass is 236 g/mol. The van der Waals surface area contributed by atoms with Gasteiger partial charge in [0.2, 0.25) is 0 Å². The lowest BCUT2D eigenvalue weighted by Crippen LogP contribution is -2.33. The van der Waals surface area contributed by atoms with Gasteiger partial charge in [-0.2, -0.15) is 0 Å². The largest absolute Gasteiger partial charge is 0.497 e. The molecule has 0 radical (unpaired) electrons. The van der Waals surface area contributed by atoms with Gasteiger partial charge in [0, 0.05) is 0 Å². The molecule has 1 rings (SSSR count). The molecule has 1 aromatic rings. The summed E-state index contributed by atoms with van der Waals surface area (Å²) < 4.78 is 10.8. The first-order valence-electron chi connectivity index (χ1n) is 5.71. The van der Waals surface area contributed by atoms with Crippen molar-refractivity contribution in [2.45, 2.75) is 25.6 Å². The molecule has 0 bridgehead atoms. The van der Waals surface area contributed by atoms with E-state index in [1.54, 1.807) is 13.2 Å². The van der Waals surface area contributed by atoms with E-state index in [4.69, 9.17) is 9.47 Å². The number of hydrogen-bond donors (Lipinski definition) is 1. The van der Waals surface area contributed by atoms with E-state index in [9.17, 15) is 5.11 Å². The molecular weight excluding hydrogens is 216 g/mol. The first kappa shape index (κ1) is 13.7. The number of methoxy groups -OCH3 is 1. The summed E-state index contributed by atoms with van der Waals surface area (Å²) in [6.45, 7) is 6.07. The third kappa shape index (κ3) is 3.58. The predicted molar refractivity (Wildman–Crippen MR) is 68.1 cm³/mol. The number of aliphatic hydroxyl groups excluding tert-OH is 1. The molecule has 0 aliphatic rings. The van der Waals surface area contributed by atoms with Crippen molar-refractivity contribution in [2.24, 2.45) is 0 Å². The highest BCUT2D eigenvalue weighted by molar-refractivity contribution is 5.26. The third-order valence-corrected chi connectivity index (χ3v) is 2.92. The van der Waals surface area contributed by atoms with Gasteiger partial charge in [-0.05, 0) is 24.1 Å². The van der Waals surface area contributed by atoms with E-state index in [0.29, 0.717) is 13.0 Å². The van der Waals surface area contributed by atoms with Crippen molar-refractivity contribution >= 4 is 0 Å². The van der Waals surface area contributed by atoms with Crippen LogP contribution in [-0.4, -0.2) is 24.4 Å². The zero-order valence-corrected chi connectivity index (χ0v) is 10.5. The van der Waals surface area contributed by atoms with Gasteiger partial charge in [-0.1, -0.05) is 25.1 Å². The fraction of sp³-hybridized carbons (Fsp3) is 0.429. The van der Waals surface area contributed by atoms with Gasteiger partial charge in [0.1, 0.15) is 11.4 Å². The van der Waals surface area contributed by atoms with E-state index >= 15 is 0 Å². The van der Waals surface area contributed by atoms with Crippen molar-refractivity contribution in [1.29, 1.82) is 0 Å². The molecule has 0 aliphatic carbocycles. The molecule has 0 saturated heterocycles. The van der Waals surface area contributed by atoms with Crippen LogP contribution in [0.5, 0.6) is 5.75 Å². The lowest BCUT2D eigenvalue weighted by molar-refractivity contribution is -0.0571. The summed E-state index contributed by atoms with van der Waals surface area (Å²) in [4.78, 5) is 0. The van der Waals surface area contributed by atoms with Crippen LogP contribution in [0.1, 0.15) is 18.9 Å². The third-order valence-electron chi connectivity index (χ3n) is 2.92. The molecule has 3 nitrogen and oxygen atoms in total. The van der Waals surface area contributed by atoms with E-state index in [-0.39, 0.29) is 6.61 Å². The summed E-state index contributed by atoms with van der Waals surface area (Å²) in [6, 6.07) is 7.66. The van der Waals surface area contributed by atoms with Crippen LogP contribution in [0.3, 0.4) is 0 Å². The minimum atomic E-state index is -0.639. The molecule has 0 amide bonds. The highest BCUT2D eigenvalue weighted by Crippen LogP contribution is 2.20. The Morgan fingerprint density at radius 1 is 1.35 bits per heavy atom. The Bertz CT molecular complexity index is 339. The Kier molecular flexibility index (Phi) is 5.19. The van der Waals surface area contributed by atoms with Gasteiger partial charge in [-0.3, -0.25) is 0 Å². The zero-order chi connectivity index (χ0) is 12.7. The van der Waals surface area contributed by atoms with E-state index in [2.05, 4.69) is 6.58 Å². The number of rotatable bonds is 7. The minimum absolute atomic E-state index is 0.0524. The molecule has 0 aliphatic heterocycles. The molecule has 0 aromatic heterocycles. The molecule has 0 fully saturated rings. The van der Waals surface area contributed by atoms with Gasteiger partial charge < -0.3 is 14.6 Å². The number of hydrogen-bond acceptors (Lipinski definition) is 3. The van der Waals surface area contributed by atoms with Crippen LogP contribution in [0.25, 0.3) is 0 Å². The molecule has 0 unspecified atom stereocenters. The van der Waals surface area contributed by atoms with Crippen molar-refractivity contribution in [3.8, 4) is 5.75 Å². The highest BCUT2D eigenvalue weighted by Gasteiger charge is 2.23. The van der Waals surface area contributed by atoms with Gasteiger partial charge in [0.15, 0.2) is 0 Å². The molecule has 1 N–H and O–H groups in total. The average Bonchev–Trinajstić information content (AvgIpc) is 2.41. The molecule has 17 heavy (non-hydrogen) atoms. The second-order valence-corrected chi connectivity index (χ2v) is 3.92. The second kappa shape index (κ2) is 6.42. The molecule has 0 saturated carbocycles. The predicted octanol–water partition coefficient (Wildman–Crippen LogP) is 2.54. The average molecular weight is 236 g/mol. The van der Waals surface area contributed by atoms with Crippen molar-refractivity contribution in [2.75, 3.05) is 13.7 Å². The first-order chi connectivity index (χ1) is 8.19. The van der Waals surface area contributed by atoms with E-state index < -0.39 is 5.60 Å². The van der Waals surface area contributed by atoms with Crippen LogP contribution < -0.4 is 4.74 Å². The van der Waals surface area contributed by atoms with Crippen LogP contribution in [0.4, 0.5) is 0 Å². The molecule has 0 spiro atoms. The topological polar surface area (TPSA) is 38.7 Å². The maximum atomic E-state index is 9.32. The molecule has 94 valence electrons. The van der Waals surface area contributed by atoms with E-state index in [1.165, 1.54) is 0 Å². The number of aliphatic hydroxyl groups is 1. The standard InChI is InChI=1S/C14H20O3/c1-4-14(5-2,11-15)17-10-12-6-8-13(16-3)9-7-12/h4,6-9,15H,1,5,10-11H2,2-3H3/t14-/m1/s1. The Morgan fingerprint density at radius 2 is 2.00 bits per heavy atom. The lowest BCUT2D eigenvalue weighted by Gasteiger charge is -2.27. The normalized spacial score (nSPS) is 14.1. The van der Waals surface area contributed by atoms with E-state index in [1.807, 2.05) is 31.2 Å². The smallest absolute Gasteiger partial charge is 0.118 e. The molecule has 0 heterocycles. The highest BCUT2D eigenvalue weighted by atomic mass is 16.5. The Labute approximate surface area is 103 Å². The number of benzene rings is 1. The summed E-state index contributed by atoms with van der Waals surface area (Å²) >= 11 is 0. The Hall–Kier alpha value is -1.32. The number of ether oxygens (including phenoxy) is 2. The first-order valence-corrected chi connectivity index (χ1v) is 5.71. The van der Waals surface area contributed by atoms with Crippen LogP contribution in [0.15, 0.2) is 36.9 Å². The SMILES string of the molecule is C=C[C@@](CC)(CO)OCc1ccc(OC)cc1. The fourth-order valence-electron chi connectivity index (χ4n) is 1.48. The van der Waals surface area contributed by atoms with Crippen LogP contribution in [-0.2, 0) is 11.3 Å². The molecular formula is C14H20O3. The van der Waals surface area contributed by atoms with Crippen LogP contribution >= 0.6 is 0 Å². The zero-order valence-electron chi connectivity index (χ0n) is 10.5. The van der Waals surface area contributed by atoms with Crippen molar-refractivity contribution in [1.82, 2.24) is 0 Å². The van der Waals surface area contributed by atoms with Gasteiger partial charge in [-0.25, -0.2) is 0 Å². The summed E-state index contributed by atoms with van der Waals surface area (Å²) in [5.41, 5.74) is 0.402. The molecule has 3 heteroatoms. The van der Waals surface area contributed by atoms with Gasteiger partial charge in [0.25, 0.3) is 0 Å². The fourth-order valence-corrected chi connectivity index (χ4v) is 1.48. The van der Waals surface area contributed by atoms with Crippen molar-refractivity contribution < 1.29 is 14.6 Å². The lowest BCUT2D eigenvalue weighted by atomic mass is 10.0. The van der Waals surface area contributed by atoms with Gasteiger partial charge >= 0.3 is 0 Å². The summed E-state index contributed by atoms with van der Waals surface area (Å²) in [5, 5.41) is 9.32. The minimum Gasteiger partial charge on any atom is -0.497 e. The van der Waals surface area contributed by atoms with Gasteiger partial charge in [0.05, 0.1) is 20.3 Å². The maximum absolute atomic E-state index is 9.32. The maximum Gasteiger partial charge on any atom is 0.118 e. The second-order valence-electron chi connectivity index (χ2n) is 3.92. The molecule has 1 atom stereocenters. The van der Waals surface area contributed by atoms with Crippen molar-refractivity contribution in [3.05, 3.63) is 42.5 Å². The summed E-state index contributed by atoms with van der Waals surface area (Å²) in [7, 11) is 1.64.